The van der Waals surface area contributed by atoms with E-state index in [-0.39, 0.29) is 12.5 Å². The fraction of sp³-hybridized carbons (Fsp3) is 1.00. The van der Waals surface area contributed by atoms with Gasteiger partial charge >= 0.3 is 6.18 Å². The Bertz CT molecular complexity index is 170. The van der Waals surface area contributed by atoms with E-state index in [4.69, 9.17) is 5.73 Å². The number of rotatable bonds is 3. The summed E-state index contributed by atoms with van der Waals surface area (Å²) < 4.78 is 35.5. The molecule has 1 heterocycles. The van der Waals surface area contributed by atoms with Crippen molar-refractivity contribution in [2.45, 2.75) is 37.9 Å². The van der Waals surface area contributed by atoms with E-state index in [1.165, 1.54) is 0 Å². The van der Waals surface area contributed by atoms with Crippen molar-refractivity contribution < 1.29 is 13.2 Å². The van der Waals surface area contributed by atoms with Crippen LogP contribution in [0, 0.1) is 0 Å². The summed E-state index contributed by atoms with van der Waals surface area (Å²) in [4.78, 5) is 2.03. The van der Waals surface area contributed by atoms with E-state index >= 15 is 0 Å². The smallest absolute Gasteiger partial charge is 0.327 e. The summed E-state index contributed by atoms with van der Waals surface area (Å²) in [7, 11) is 0. The van der Waals surface area contributed by atoms with Gasteiger partial charge in [-0.05, 0) is 32.4 Å². The summed E-state index contributed by atoms with van der Waals surface area (Å²) in [5, 5.41) is 0. The molecule has 1 unspecified atom stereocenters. The molecule has 0 aliphatic carbocycles. The van der Waals surface area contributed by atoms with Crippen LogP contribution >= 0.6 is 0 Å². The monoisotopic (exact) mass is 210 g/mol. The Labute approximate surface area is 82.2 Å². The Hall–Kier alpha value is -0.290. The van der Waals surface area contributed by atoms with Gasteiger partial charge < -0.3 is 10.6 Å². The Kier molecular flexibility index (Phi) is 4.19. The summed E-state index contributed by atoms with van der Waals surface area (Å²) in [5.41, 5.74) is 5.72. The summed E-state index contributed by atoms with van der Waals surface area (Å²) in [6.45, 7) is 2.16. The molecule has 1 atom stereocenters. The molecule has 0 bridgehead atoms. The van der Waals surface area contributed by atoms with E-state index < -0.39 is 12.6 Å². The number of nitrogens with zero attached hydrogens (tertiary/aromatic N) is 1. The molecule has 0 aromatic carbocycles. The summed E-state index contributed by atoms with van der Waals surface area (Å²) >= 11 is 0. The zero-order valence-corrected chi connectivity index (χ0v) is 8.19. The van der Waals surface area contributed by atoms with Crippen molar-refractivity contribution in [3.05, 3.63) is 0 Å². The Morgan fingerprint density at radius 1 is 1.36 bits per heavy atom. The molecule has 0 aromatic rings. The number of piperidine rings is 1. The molecule has 0 spiro atoms. The Balaban J connectivity index is 2.12. The molecular weight excluding hydrogens is 193 g/mol. The maximum atomic E-state index is 11.8. The van der Waals surface area contributed by atoms with Gasteiger partial charge in [0.2, 0.25) is 0 Å². The van der Waals surface area contributed by atoms with Crippen LogP contribution < -0.4 is 5.73 Å². The second-order valence-corrected chi connectivity index (χ2v) is 3.92. The molecular formula is C9H17F3N2. The van der Waals surface area contributed by atoms with Crippen LogP contribution in [0.15, 0.2) is 0 Å². The van der Waals surface area contributed by atoms with Gasteiger partial charge in [0.25, 0.3) is 0 Å². The van der Waals surface area contributed by atoms with Crippen LogP contribution in [0.4, 0.5) is 13.2 Å². The van der Waals surface area contributed by atoms with E-state index in [2.05, 4.69) is 0 Å². The van der Waals surface area contributed by atoms with Gasteiger partial charge in [-0.2, -0.15) is 13.2 Å². The third-order valence-electron chi connectivity index (χ3n) is 2.48. The first-order valence-electron chi connectivity index (χ1n) is 5.02. The van der Waals surface area contributed by atoms with Gasteiger partial charge in [-0.3, -0.25) is 0 Å². The first-order valence-corrected chi connectivity index (χ1v) is 5.02. The normalized spacial score (nSPS) is 25.3. The van der Waals surface area contributed by atoms with Gasteiger partial charge in [0.15, 0.2) is 0 Å². The van der Waals surface area contributed by atoms with Crippen LogP contribution in [0.2, 0.25) is 0 Å². The summed E-state index contributed by atoms with van der Waals surface area (Å²) in [5.74, 6) is 0. The average Bonchev–Trinajstić information content (AvgIpc) is 2.01. The molecule has 2 nitrogen and oxygen atoms in total. The van der Waals surface area contributed by atoms with Crippen LogP contribution in [0.1, 0.15) is 25.7 Å². The standard InChI is InChI=1S/C9H17F3N2/c10-9(11,12)4-2-6-14-5-1-3-8(13)7-14/h8H,1-7,13H2. The fourth-order valence-corrected chi connectivity index (χ4v) is 1.80. The van der Waals surface area contributed by atoms with Crippen LogP contribution in [-0.4, -0.2) is 36.8 Å². The van der Waals surface area contributed by atoms with Gasteiger partial charge in [-0.1, -0.05) is 0 Å². The number of hydrogen-bond donors (Lipinski definition) is 1. The van der Waals surface area contributed by atoms with Gasteiger partial charge in [0, 0.05) is 19.0 Å². The van der Waals surface area contributed by atoms with E-state index in [1.54, 1.807) is 0 Å². The lowest BCUT2D eigenvalue weighted by Crippen LogP contribution is -2.43. The Morgan fingerprint density at radius 2 is 2.07 bits per heavy atom. The van der Waals surface area contributed by atoms with Crippen molar-refractivity contribution in [1.29, 1.82) is 0 Å². The highest BCUT2D eigenvalue weighted by molar-refractivity contribution is 4.74. The molecule has 2 N–H and O–H groups in total. The molecule has 0 saturated carbocycles. The van der Waals surface area contributed by atoms with Gasteiger partial charge in [0.1, 0.15) is 0 Å². The predicted octanol–water partition coefficient (Wildman–Crippen LogP) is 1.75. The zero-order valence-electron chi connectivity index (χ0n) is 8.19. The van der Waals surface area contributed by atoms with Crippen LogP contribution in [0.3, 0.4) is 0 Å². The fourth-order valence-electron chi connectivity index (χ4n) is 1.80. The average molecular weight is 210 g/mol. The highest BCUT2D eigenvalue weighted by Crippen LogP contribution is 2.21. The topological polar surface area (TPSA) is 29.3 Å². The summed E-state index contributed by atoms with van der Waals surface area (Å²) in [6, 6.07) is 0.148. The quantitative estimate of drug-likeness (QED) is 0.769. The molecule has 1 fully saturated rings. The lowest BCUT2D eigenvalue weighted by atomic mass is 10.1. The SMILES string of the molecule is NC1CCCN(CCCC(F)(F)F)C1. The summed E-state index contributed by atoms with van der Waals surface area (Å²) in [6.07, 6.45) is -2.50. The third-order valence-corrected chi connectivity index (χ3v) is 2.48. The van der Waals surface area contributed by atoms with Crippen molar-refractivity contribution >= 4 is 0 Å². The van der Waals surface area contributed by atoms with Crippen LogP contribution in [0.5, 0.6) is 0 Å². The molecule has 0 radical (unpaired) electrons. The minimum absolute atomic E-state index is 0.148. The van der Waals surface area contributed by atoms with E-state index in [9.17, 15) is 13.2 Å². The van der Waals surface area contributed by atoms with Crippen molar-refractivity contribution in [2.24, 2.45) is 5.73 Å². The first kappa shape index (κ1) is 11.8. The highest BCUT2D eigenvalue weighted by Gasteiger charge is 2.27. The maximum Gasteiger partial charge on any atom is 0.389 e. The molecule has 1 saturated heterocycles. The van der Waals surface area contributed by atoms with Crippen molar-refractivity contribution in [2.75, 3.05) is 19.6 Å². The van der Waals surface area contributed by atoms with Gasteiger partial charge in [-0.25, -0.2) is 0 Å². The second kappa shape index (κ2) is 4.98. The highest BCUT2D eigenvalue weighted by atomic mass is 19.4. The number of halogens is 3. The number of alkyl halides is 3. The largest absolute Gasteiger partial charge is 0.389 e. The molecule has 1 aliphatic heterocycles. The predicted molar refractivity (Wildman–Crippen MR) is 48.9 cm³/mol. The third kappa shape index (κ3) is 4.81. The molecule has 84 valence electrons. The maximum absolute atomic E-state index is 11.8. The van der Waals surface area contributed by atoms with Crippen LogP contribution in [0.25, 0.3) is 0 Å². The second-order valence-electron chi connectivity index (χ2n) is 3.92. The molecule has 0 amide bonds. The molecule has 5 heteroatoms. The van der Waals surface area contributed by atoms with Gasteiger partial charge in [-0.15, -0.1) is 0 Å². The number of nitrogens with two attached hydrogens (primary N) is 1. The zero-order chi connectivity index (χ0) is 10.6. The van der Waals surface area contributed by atoms with E-state index in [0.717, 1.165) is 25.9 Å². The minimum atomic E-state index is -4.02. The minimum Gasteiger partial charge on any atom is -0.327 e. The van der Waals surface area contributed by atoms with Gasteiger partial charge in [0.05, 0.1) is 0 Å². The van der Waals surface area contributed by atoms with Crippen molar-refractivity contribution in [3.63, 3.8) is 0 Å². The molecule has 1 rings (SSSR count). The molecule has 0 aromatic heterocycles. The Morgan fingerprint density at radius 3 is 2.64 bits per heavy atom. The van der Waals surface area contributed by atoms with E-state index in [1.807, 2.05) is 4.90 Å². The van der Waals surface area contributed by atoms with E-state index in [0.29, 0.717) is 6.54 Å². The molecule has 1 aliphatic rings. The van der Waals surface area contributed by atoms with Crippen molar-refractivity contribution in [1.82, 2.24) is 4.90 Å². The van der Waals surface area contributed by atoms with Crippen LogP contribution in [-0.2, 0) is 0 Å². The van der Waals surface area contributed by atoms with Crippen molar-refractivity contribution in [3.8, 4) is 0 Å². The lowest BCUT2D eigenvalue weighted by molar-refractivity contribution is -0.136. The number of hydrogen-bond acceptors (Lipinski definition) is 2. The molecule has 14 heavy (non-hydrogen) atoms. The first-order chi connectivity index (χ1) is 6.47. The number of likely N-dealkylation sites (tertiary alicyclic amines) is 1. The lowest BCUT2D eigenvalue weighted by Gasteiger charge is -2.30.